The van der Waals surface area contributed by atoms with Crippen LogP contribution in [0.4, 0.5) is 0 Å². The zero-order valence-electron chi connectivity index (χ0n) is 6.75. The molecule has 0 bridgehead atoms. The number of rotatable bonds is 3. The molecule has 0 saturated heterocycles. The van der Waals surface area contributed by atoms with Crippen molar-refractivity contribution in [3.8, 4) is 0 Å². The van der Waals surface area contributed by atoms with E-state index in [0.29, 0.717) is 0 Å². The van der Waals surface area contributed by atoms with Gasteiger partial charge in [0.2, 0.25) is 0 Å². The van der Waals surface area contributed by atoms with Crippen molar-refractivity contribution >= 4 is 8.60 Å². The Morgan fingerprint density at radius 1 is 0.917 bits per heavy atom. The Kier molecular flexibility index (Phi) is 9.58. The van der Waals surface area contributed by atoms with E-state index >= 15 is 0 Å². The number of aliphatic hydroxyl groups excluding tert-OH is 3. The minimum absolute atomic E-state index is 0.181. The standard InChI is InChI=1S/C5H12O3.H3O3P/c1-5(2-6,3-7)4-8;1-4(2)3/h6-8H,2-4H2,1H3;1-3H. The van der Waals surface area contributed by atoms with E-state index < -0.39 is 14.0 Å². The molecule has 6 N–H and O–H groups in total. The van der Waals surface area contributed by atoms with Gasteiger partial charge in [0.1, 0.15) is 0 Å². The van der Waals surface area contributed by atoms with E-state index in [1.807, 2.05) is 0 Å². The zero-order valence-corrected chi connectivity index (χ0v) is 7.65. The maximum Gasteiger partial charge on any atom is 0.324 e. The molecule has 0 rings (SSSR count). The molecule has 0 spiro atoms. The molecule has 0 aromatic carbocycles. The number of hydrogen-bond acceptors (Lipinski definition) is 6. The van der Waals surface area contributed by atoms with Crippen molar-refractivity contribution in [1.82, 2.24) is 0 Å². The van der Waals surface area contributed by atoms with Gasteiger partial charge in [-0.3, -0.25) is 0 Å². The van der Waals surface area contributed by atoms with Crippen molar-refractivity contribution in [2.24, 2.45) is 5.41 Å². The molecule has 0 aliphatic carbocycles. The summed E-state index contributed by atoms with van der Waals surface area (Å²) in [5.41, 5.74) is -0.708. The summed E-state index contributed by atoms with van der Waals surface area (Å²) < 4.78 is 0. The zero-order chi connectivity index (χ0) is 10.2. The SMILES string of the molecule is CC(CO)(CO)CO.OP(O)O. The van der Waals surface area contributed by atoms with E-state index in [1.165, 1.54) is 0 Å². The highest BCUT2D eigenvalue weighted by Gasteiger charge is 2.20. The smallest absolute Gasteiger partial charge is 0.324 e. The van der Waals surface area contributed by atoms with Gasteiger partial charge in [0, 0.05) is 5.41 Å². The molecule has 0 saturated carbocycles. The highest BCUT2D eigenvalue weighted by Crippen LogP contribution is 2.11. The van der Waals surface area contributed by atoms with E-state index in [2.05, 4.69) is 0 Å². The fourth-order valence-electron chi connectivity index (χ4n) is 0.150. The highest BCUT2D eigenvalue weighted by molar-refractivity contribution is 7.38. The van der Waals surface area contributed by atoms with E-state index in [0.717, 1.165) is 0 Å². The van der Waals surface area contributed by atoms with Gasteiger partial charge in [-0.2, -0.15) is 0 Å². The van der Waals surface area contributed by atoms with Crippen LogP contribution in [0, 0.1) is 5.41 Å². The maximum absolute atomic E-state index is 8.47. The fourth-order valence-corrected chi connectivity index (χ4v) is 0.150. The molecular weight excluding hydrogens is 187 g/mol. The van der Waals surface area contributed by atoms with Crippen LogP contribution in [0.15, 0.2) is 0 Å². The number of aliphatic hydroxyl groups is 3. The first-order valence-electron chi connectivity index (χ1n) is 3.11. The van der Waals surface area contributed by atoms with Gasteiger partial charge in [0.05, 0.1) is 19.8 Å². The molecule has 0 unspecified atom stereocenters. The van der Waals surface area contributed by atoms with Gasteiger partial charge in [0.25, 0.3) is 0 Å². The molecule has 0 amide bonds. The largest absolute Gasteiger partial charge is 0.396 e. The quantitative estimate of drug-likeness (QED) is 0.299. The molecule has 6 nitrogen and oxygen atoms in total. The molecule has 0 aliphatic heterocycles. The van der Waals surface area contributed by atoms with Gasteiger partial charge in [0.15, 0.2) is 0 Å². The van der Waals surface area contributed by atoms with E-state index in [-0.39, 0.29) is 19.8 Å². The summed E-state index contributed by atoms with van der Waals surface area (Å²) in [6.45, 7) is 1.06. The second-order valence-electron chi connectivity index (χ2n) is 2.55. The van der Waals surface area contributed by atoms with Crippen molar-refractivity contribution in [2.75, 3.05) is 19.8 Å². The monoisotopic (exact) mass is 202 g/mol. The fraction of sp³-hybridized carbons (Fsp3) is 1.00. The van der Waals surface area contributed by atoms with Crippen LogP contribution in [0.1, 0.15) is 6.92 Å². The van der Waals surface area contributed by atoms with Crippen LogP contribution in [-0.2, 0) is 0 Å². The molecule has 0 aromatic rings. The molecule has 0 aliphatic rings. The third-order valence-corrected chi connectivity index (χ3v) is 1.15. The molecule has 0 radical (unpaired) electrons. The molecule has 0 fully saturated rings. The molecule has 7 heteroatoms. The summed E-state index contributed by atoms with van der Waals surface area (Å²) in [6.07, 6.45) is 0. The maximum atomic E-state index is 8.47. The average Bonchev–Trinajstić information content (AvgIpc) is 2.02. The molecule has 12 heavy (non-hydrogen) atoms. The summed E-state index contributed by atoms with van der Waals surface area (Å²) >= 11 is 0. The van der Waals surface area contributed by atoms with E-state index in [9.17, 15) is 0 Å². The Labute approximate surface area is 71.7 Å². The van der Waals surface area contributed by atoms with Gasteiger partial charge in [-0.25, -0.2) is 0 Å². The summed E-state index contributed by atoms with van der Waals surface area (Å²) in [4.78, 5) is 21.7. The third-order valence-electron chi connectivity index (χ3n) is 1.15. The van der Waals surface area contributed by atoms with Crippen LogP contribution < -0.4 is 0 Å². The van der Waals surface area contributed by atoms with Crippen LogP contribution in [0.5, 0.6) is 0 Å². The Bertz CT molecular complexity index is 82.9. The summed E-state index contributed by atoms with van der Waals surface area (Å²) in [5.74, 6) is 0. The van der Waals surface area contributed by atoms with Crippen molar-refractivity contribution in [3.63, 3.8) is 0 Å². The minimum atomic E-state index is -2.62. The van der Waals surface area contributed by atoms with Gasteiger partial charge in [-0.05, 0) is 0 Å². The first-order valence-corrected chi connectivity index (χ1v) is 4.31. The Hall–Kier alpha value is 0.190. The lowest BCUT2D eigenvalue weighted by molar-refractivity contribution is 0.0200. The van der Waals surface area contributed by atoms with Crippen LogP contribution in [0.2, 0.25) is 0 Å². The molecule has 0 aromatic heterocycles. The molecule has 0 heterocycles. The second kappa shape index (κ2) is 7.82. The minimum Gasteiger partial charge on any atom is -0.396 e. The lowest BCUT2D eigenvalue weighted by Gasteiger charge is -2.20. The van der Waals surface area contributed by atoms with Crippen molar-refractivity contribution in [1.29, 1.82) is 0 Å². The van der Waals surface area contributed by atoms with Crippen LogP contribution in [0.25, 0.3) is 0 Å². The lowest BCUT2D eigenvalue weighted by Crippen LogP contribution is -2.29. The Balaban J connectivity index is 0. The first kappa shape index (κ1) is 14.7. The molecular formula is C5H15O6P. The predicted octanol–water partition coefficient (Wildman–Crippen LogP) is -1.84. The normalized spacial score (nSPS) is 11.0. The topological polar surface area (TPSA) is 121 Å². The Morgan fingerprint density at radius 3 is 1.08 bits per heavy atom. The Morgan fingerprint density at radius 2 is 1.08 bits per heavy atom. The van der Waals surface area contributed by atoms with Crippen molar-refractivity contribution < 1.29 is 30.0 Å². The lowest BCUT2D eigenvalue weighted by atomic mass is 9.95. The highest BCUT2D eigenvalue weighted by atomic mass is 31.2. The predicted molar refractivity (Wildman–Crippen MR) is 42.9 cm³/mol. The van der Waals surface area contributed by atoms with Gasteiger partial charge >= 0.3 is 8.60 Å². The van der Waals surface area contributed by atoms with Crippen LogP contribution >= 0.6 is 8.60 Å². The van der Waals surface area contributed by atoms with Gasteiger partial charge in [-0.1, -0.05) is 6.92 Å². The average molecular weight is 202 g/mol. The van der Waals surface area contributed by atoms with Crippen molar-refractivity contribution in [3.05, 3.63) is 0 Å². The van der Waals surface area contributed by atoms with Gasteiger partial charge < -0.3 is 30.0 Å². The van der Waals surface area contributed by atoms with Crippen molar-refractivity contribution in [2.45, 2.75) is 6.92 Å². The summed E-state index contributed by atoms with van der Waals surface area (Å²) in [6, 6.07) is 0. The second-order valence-corrected chi connectivity index (χ2v) is 3.09. The molecule has 76 valence electrons. The first-order chi connectivity index (χ1) is 5.41. The summed E-state index contributed by atoms with van der Waals surface area (Å²) in [5, 5.41) is 25.4. The van der Waals surface area contributed by atoms with E-state index in [4.69, 9.17) is 30.0 Å². The number of hydrogen-bond donors (Lipinski definition) is 6. The van der Waals surface area contributed by atoms with Crippen LogP contribution in [0.3, 0.4) is 0 Å². The van der Waals surface area contributed by atoms with Gasteiger partial charge in [-0.15, -0.1) is 0 Å². The van der Waals surface area contributed by atoms with Crippen LogP contribution in [-0.4, -0.2) is 49.8 Å². The summed E-state index contributed by atoms with van der Waals surface area (Å²) in [7, 11) is -2.62. The van der Waals surface area contributed by atoms with E-state index in [1.54, 1.807) is 6.92 Å². The third kappa shape index (κ3) is 10.2. The molecule has 0 atom stereocenters.